The maximum absolute atomic E-state index is 9.58. The van der Waals surface area contributed by atoms with Crippen LogP contribution in [0.15, 0.2) is 18.3 Å². The molecule has 84 valence electrons. The van der Waals surface area contributed by atoms with Crippen LogP contribution in [-0.4, -0.2) is 22.9 Å². The summed E-state index contributed by atoms with van der Waals surface area (Å²) < 4.78 is 7.51. The minimum atomic E-state index is -0.375. The van der Waals surface area contributed by atoms with Gasteiger partial charge in [-0.05, 0) is 37.8 Å². The monoisotopic (exact) mass is 209 g/mol. The zero-order valence-electron chi connectivity index (χ0n) is 9.22. The van der Waals surface area contributed by atoms with Crippen LogP contribution >= 0.6 is 0 Å². The average Bonchev–Trinajstić information content (AvgIpc) is 2.67. The van der Waals surface area contributed by atoms with E-state index >= 15 is 0 Å². The molecule has 1 unspecified atom stereocenters. The third-order valence-electron chi connectivity index (χ3n) is 3.09. The molecule has 0 aliphatic carbocycles. The highest BCUT2D eigenvalue weighted by Crippen LogP contribution is 2.20. The van der Waals surface area contributed by atoms with E-state index in [-0.39, 0.29) is 6.10 Å². The second-order valence-corrected chi connectivity index (χ2v) is 4.32. The molecular formula is C12H19NO2. The van der Waals surface area contributed by atoms with Crippen LogP contribution < -0.4 is 0 Å². The van der Waals surface area contributed by atoms with Crippen molar-refractivity contribution in [2.45, 2.75) is 32.4 Å². The third kappa shape index (κ3) is 2.61. The molecule has 1 fully saturated rings. The van der Waals surface area contributed by atoms with Crippen molar-refractivity contribution in [1.29, 1.82) is 0 Å². The Hall–Kier alpha value is -0.800. The van der Waals surface area contributed by atoms with Crippen LogP contribution in [0.25, 0.3) is 0 Å². The van der Waals surface area contributed by atoms with E-state index in [2.05, 4.69) is 10.8 Å². The second kappa shape index (κ2) is 4.81. The van der Waals surface area contributed by atoms with E-state index in [1.54, 1.807) is 0 Å². The minimum Gasteiger partial charge on any atom is -0.387 e. The van der Waals surface area contributed by atoms with Gasteiger partial charge in [0.1, 0.15) is 0 Å². The average molecular weight is 209 g/mol. The SMILES string of the molecule is CC(O)c1cccn1CC1CCOCC1. The number of hydrogen-bond donors (Lipinski definition) is 1. The van der Waals surface area contributed by atoms with Crippen molar-refractivity contribution in [2.75, 3.05) is 13.2 Å². The van der Waals surface area contributed by atoms with Gasteiger partial charge in [0, 0.05) is 31.6 Å². The first-order chi connectivity index (χ1) is 7.27. The lowest BCUT2D eigenvalue weighted by Gasteiger charge is -2.23. The third-order valence-corrected chi connectivity index (χ3v) is 3.09. The molecule has 3 nitrogen and oxygen atoms in total. The zero-order chi connectivity index (χ0) is 10.7. The fraction of sp³-hybridized carbons (Fsp3) is 0.667. The molecule has 0 radical (unpaired) electrons. The Morgan fingerprint density at radius 3 is 2.93 bits per heavy atom. The van der Waals surface area contributed by atoms with Gasteiger partial charge in [-0.25, -0.2) is 0 Å². The van der Waals surface area contributed by atoms with Gasteiger partial charge in [0.15, 0.2) is 0 Å². The summed E-state index contributed by atoms with van der Waals surface area (Å²) >= 11 is 0. The van der Waals surface area contributed by atoms with Gasteiger partial charge in [-0.2, -0.15) is 0 Å². The Morgan fingerprint density at radius 2 is 2.27 bits per heavy atom. The van der Waals surface area contributed by atoms with Crippen molar-refractivity contribution in [3.8, 4) is 0 Å². The Kier molecular flexibility index (Phi) is 3.44. The normalized spacial score (nSPS) is 20.4. The van der Waals surface area contributed by atoms with Gasteiger partial charge in [-0.15, -0.1) is 0 Å². The molecule has 0 aromatic carbocycles. The number of aliphatic hydroxyl groups is 1. The Labute approximate surface area is 90.7 Å². The first-order valence-corrected chi connectivity index (χ1v) is 5.68. The van der Waals surface area contributed by atoms with Gasteiger partial charge in [0.05, 0.1) is 6.10 Å². The van der Waals surface area contributed by atoms with Crippen molar-refractivity contribution < 1.29 is 9.84 Å². The van der Waals surface area contributed by atoms with Gasteiger partial charge < -0.3 is 14.4 Å². The molecular weight excluding hydrogens is 190 g/mol. The molecule has 0 amide bonds. The Bertz CT molecular complexity index is 300. The van der Waals surface area contributed by atoms with Crippen LogP contribution in [0.2, 0.25) is 0 Å². The maximum Gasteiger partial charge on any atom is 0.0911 e. The van der Waals surface area contributed by atoms with Gasteiger partial charge in [-0.3, -0.25) is 0 Å². The summed E-state index contributed by atoms with van der Waals surface area (Å²) in [6.07, 6.45) is 3.95. The lowest BCUT2D eigenvalue weighted by molar-refractivity contribution is 0.0603. The lowest BCUT2D eigenvalue weighted by atomic mass is 10.0. The first-order valence-electron chi connectivity index (χ1n) is 5.68. The standard InChI is InChI=1S/C12H19NO2/c1-10(14)12-3-2-6-13(12)9-11-4-7-15-8-5-11/h2-3,6,10-11,14H,4-5,7-9H2,1H3. The van der Waals surface area contributed by atoms with Crippen LogP contribution in [-0.2, 0) is 11.3 Å². The number of hydrogen-bond acceptors (Lipinski definition) is 2. The van der Waals surface area contributed by atoms with E-state index < -0.39 is 0 Å². The van der Waals surface area contributed by atoms with Crippen molar-refractivity contribution in [2.24, 2.45) is 5.92 Å². The van der Waals surface area contributed by atoms with Crippen LogP contribution in [0.4, 0.5) is 0 Å². The second-order valence-electron chi connectivity index (χ2n) is 4.32. The molecule has 1 aliphatic heterocycles. The quantitative estimate of drug-likeness (QED) is 0.826. The molecule has 2 heterocycles. The molecule has 15 heavy (non-hydrogen) atoms. The number of rotatable bonds is 3. The van der Waals surface area contributed by atoms with E-state index in [4.69, 9.17) is 4.74 Å². The molecule has 0 spiro atoms. The molecule has 1 aromatic heterocycles. The molecule has 3 heteroatoms. The summed E-state index contributed by atoms with van der Waals surface area (Å²) in [5.74, 6) is 0.698. The highest BCUT2D eigenvalue weighted by molar-refractivity contribution is 5.09. The molecule has 1 aliphatic rings. The largest absolute Gasteiger partial charge is 0.387 e. The van der Waals surface area contributed by atoms with E-state index in [0.717, 1.165) is 38.3 Å². The summed E-state index contributed by atoms with van der Waals surface area (Å²) in [5.41, 5.74) is 1.02. The highest BCUT2D eigenvalue weighted by atomic mass is 16.5. The zero-order valence-corrected chi connectivity index (χ0v) is 9.22. The van der Waals surface area contributed by atoms with Gasteiger partial charge in [0.2, 0.25) is 0 Å². The van der Waals surface area contributed by atoms with Gasteiger partial charge in [-0.1, -0.05) is 0 Å². The maximum atomic E-state index is 9.58. The Balaban J connectivity index is 1.99. The van der Waals surface area contributed by atoms with Crippen LogP contribution in [0, 0.1) is 5.92 Å². The molecule has 0 saturated carbocycles. The summed E-state index contributed by atoms with van der Waals surface area (Å²) in [5, 5.41) is 9.58. The molecule has 1 saturated heterocycles. The van der Waals surface area contributed by atoms with Crippen molar-refractivity contribution >= 4 is 0 Å². The molecule has 1 aromatic rings. The number of aliphatic hydroxyl groups excluding tert-OH is 1. The van der Waals surface area contributed by atoms with Crippen LogP contribution in [0.3, 0.4) is 0 Å². The number of ether oxygens (including phenoxy) is 1. The van der Waals surface area contributed by atoms with Gasteiger partial charge >= 0.3 is 0 Å². The smallest absolute Gasteiger partial charge is 0.0911 e. The highest BCUT2D eigenvalue weighted by Gasteiger charge is 2.16. The lowest BCUT2D eigenvalue weighted by Crippen LogP contribution is -2.21. The molecule has 1 atom stereocenters. The van der Waals surface area contributed by atoms with E-state index in [1.165, 1.54) is 0 Å². The predicted octanol–water partition coefficient (Wildman–Crippen LogP) is 1.97. The summed E-state index contributed by atoms with van der Waals surface area (Å²) in [7, 11) is 0. The van der Waals surface area contributed by atoms with Gasteiger partial charge in [0.25, 0.3) is 0 Å². The van der Waals surface area contributed by atoms with E-state index in [1.807, 2.05) is 19.1 Å². The van der Waals surface area contributed by atoms with Crippen LogP contribution in [0.5, 0.6) is 0 Å². The summed E-state index contributed by atoms with van der Waals surface area (Å²) in [6, 6.07) is 3.99. The fourth-order valence-electron chi connectivity index (χ4n) is 2.18. The van der Waals surface area contributed by atoms with Crippen molar-refractivity contribution in [3.05, 3.63) is 24.0 Å². The summed E-state index contributed by atoms with van der Waals surface area (Å²) in [4.78, 5) is 0. The fourth-order valence-corrected chi connectivity index (χ4v) is 2.18. The van der Waals surface area contributed by atoms with E-state index in [0.29, 0.717) is 5.92 Å². The van der Waals surface area contributed by atoms with Crippen molar-refractivity contribution in [1.82, 2.24) is 4.57 Å². The topological polar surface area (TPSA) is 34.4 Å². The molecule has 2 rings (SSSR count). The van der Waals surface area contributed by atoms with Crippen molar-refractivity contribution in [3.63, 3.8) is 0 Å². The number of aromatic nitrogens is 1. The summed E-state index contributed by atoms with van der Waals surface area (Å²) in [6.45, 7) is 4.60. The number of nitrogens with zero attached hydrogens (tertiary/aromatic N) is 1. The molecule has 1 N–H and O–H groups in total. The van der Waals surface area contributed by atoms with Crippen LogP contribution in [0.1, 0.15) is 31.6 Å². The predicted molar refractivity (Wildman–Crippen MR) is 58.6 cm³/mol. The van der Waals surface area contributed by atoms with E-state index in [9.17, 15) is 5.11 Å². The Morgan fingerprint density at radius 1 is 1.53 bits per heavy atom. The minimum absolute atomic E-state index is 0.375. The first kappa shape index (κ1) is 10.7. The molecule has 0 bridgehead atoms.